The molecular weight excluding hydrogens is 1110 g/mol. The Bertz CT molecular complexity index is 2230. The number of alkyl carbamates (subject to hydrolysis) is 2. The van der Waals surface area contributed by atoms with Gasteiger partial charge in [-0.25, -0.2) is 14.4 Å². The number of rotatable bonds is 23. The van der Waals surface area contributed by atoms with Gasteiger partial charge in [0, 0.05) is 42.4 Å². The molecule has 0 unspecified atom stereocenters. The van der Waals surface area contributed by atoms with Gasteiger partial charge in [0.05, 0.1) is 44.9 Å². The van der Waals surface area contributed by atoms with Crippen molar-refractivity contribution < 1.29 is 38.5 Å². The maximum absolute atomic E-state index is 12.9. The summed E-state index contributed by atoms with van der Waals surface area (Å²) in [4.78, 5) is 58.3. The van der Waals surface area contributed by atoms with Crippen LogP contribution in [0.4, 0.5) is 19.2 Å². The fourth-order valence-corrected chi connectivity index (χ4v) is 10.7. The van der Waals surface area contributed by atoms with Crippen molar-refractivity contribution in [2.45, 2.75) is 156 Å². The number of hydrogen-bond donors (Lipinski definition) is 4. The quantitative estimate of drug-likeness (QED) is 0.0278. The van der Waals surface area contributed by atoms with Crippen molar-refractivity contribution in [3.63, 3.8) is 0 Å². The zero-order valence-corrected chi connectivity index (χ0v) is 50.9. The first-order valence-corrected chi connectivity index (χ1v) is 30.3. The van der Waals surface area contributed by atoms with Crippen LogP contribution in [0.2, 0.25) is 0 Å². The van der Waals surface area contributed by atoms with Crippen LogP contribution in [0, 0.1) is 0 Å². The van der Waals surface area contributed by atoms with Gasteiger partial charge in [-0.15, -0.1) is 80.4 Å². The van der Waals surface area contributed by atoms with Crippen LogP contribution in [0.3, 0.4) is 0 Å². The summed E-state index contributed by atoms with van der Waals surface area (Å²) in [5, 5.41) is 29.7. The maximum Gasteiger partial charge on any atom is 0.410 e. The molecule has 2 atom stereocenters. The summed E-state index contributed by atoms with van der Waals surface area (Å²) < 4.78 is 16.1. The van der Waals surface area contributed by atoms with Crippen LogP contribution in [0.15, 0.2) is 105 Å². The molecular formula is C54H77Cl2N5O8S6. The molecule has 0 aliphatic rings. The molecule has 0 spiro atoms. The average Bonchev–Trinajstić information content (AvgIpc) is 4.20. The van der Waals surface area contributed by atoms with Gasteiger partial charge in [-0.05, 0) is 135 Å². The minimum absolute atomic E-state index is 0. The molecule has 21 heteroatoms. The van der Waals surface area contributed by atoms with E-state index in [1.807, 2.05) is 112 Å². The highest BCUT2D eigenvalue weighted by atomic mass is 35.5. The fraction of sp³-hybridized carbons (Fsp3) is 0.481. The topological polar surface area (TPSA) is 159 Å². The Balaban J connectivity index is 0.000000364. The predicted molar refractivity (Wildman–Crippen MR) is 317 cm³/mol. The SMILES string of the molecule is CCCC[C@@H](CO)NC(=O)OC(C)(C)C.CCCC[C@@H](COC(=O)N(Cc1cccs1)Cc1cccs1)NC(=O)OC(C)(C)C.Cl.O=C(Cl)N(Cc1cccs1)Cc1cccs1.c1csc(CNCc2cccs2)c1. The highest BCUT2D eigenvalue weighted by Gasteiger charge is 2.23. The number of unbranched alkanes of at least 4 members (excludes halogenated alkanes) is 2. The number of aliphatic hydroxyl groups excluding tert-OH is 1. The monoisotopic (exact) mass is 1190 g/mol. The molecule has 6 rings (SSSR count). The van der Waals surface area contributed by atoms with E-state index in [0.717, 1.165) is 71.1 Å². The zero-order valence-electron chi connectivity index (χ0n) is 44.4. The van der Waals surface area contributed by atoms with Crippen LogP contribution in [0.5, 0.6) is 0 Å². The average molecular weight is 1190 g/mol. The van der Waals surface area contributed by atoms with E-state index in [1.165, 1.54) is 9.75 Å². The number of hydrogen-bond acceptors (Lipinski definition) is 15. The molecule has 0 radical (unpaired) electrons. The zero-order chi connectivity index (χ0) is 54.2. The van der Waals surface area contributed by atoms with E-state index in [4.69, 9.17) is 30.9 Å². The third-order valence-electron chi connectivity index (χ3n) is 9.86. The van der Waals surface area contributed by atoms with E-state index in [9.17, 15) is 19.2 Å². The van der Waals surface area contributed by atoms with Crippen LogP contribution < -0.4 is 16.0 Å². The largest absolute Gasteiger partial charge is 0.447 e. The molecule has 13 nitrogen and oxygen atoms in total. The highest BCUT2D eigenvalue weighted by Crippen LogP contribution is 2.21. The molecule has 6 aromatic rings. The first-order chi connectivity index (χ1) is 35.4. The van der Waals surface area contributed by atoms with Crippen LogP contribution >= 0.6 is 92.0 Å². The molecule has 4 N–H and O–H groups in total. The van der Waals surface area contributed by atoms with Crippen molar-refractivity contribution in [2.24, 2.45) is 0 Å². The number of nitrogens with zero attached hydrogens (tertiary/aromatic N) is 2. The van der Waals surface area contributed by atoms with Crippen molar-refractivity contribution in [3.8, 4) is 0 Å². The Morgan fingerprint density at radius 2 is 0.893 bits per heavy atom. The molecule has 0 aromatic carbocycles. The second-order valence-electron chi connectivity index (χ2n) is 18.8. The van der Waals surface area contributed by atoms with Gasteiger partial charge in [-0.2, -0.15) is 0 Å². The Morgan fingerprint density at radius 3 is 1.20 bits per heavy atom. The first kappa shape index (κ1) is 67.1. The summed E-state index contributed by atoms with van der Waals surface area (Å²) in [6, 6.07) is 23.9. The van der Waals surface area contributed by atoms with Crippen molar-refractivity contribution in [1.82, 2.24) is 25.8 Å². The predicted octanol–water partition coefficient (Wildman–Crippen LogP) is 15.8. The van der Waals surface area contributed by atoms with Crippen molar-refractivity contribution in [3.05, 3.63) is 134 Å². The normalized spacial score (nSPS) is 11.6. The summed E-state index contributed by atoms with van der Waals surface area (Å²) in [5.41, 5.74) is -1.07. The van der Waals surface area contributed by atoms with Crippen LogP contribution in [0.25, 0.3) is 0 Å². The third-order valence-corrected chi connectivity index (χ3v) is 15.3. The number of nitrogens with one attached hydrogen (secondary N) is 3. The van der Waals surface area contributed by atoms with Gasteiger partial charge in [0.15, 0.2) is 0 Å². The smallest absolute Gasteiger partial charge is 0.410 e. The van der Waals surface area contributed by atoms with Crippen LogP contribution in [-0.4, -0.2) is 75.1 Å². The molecule has 6 aromatic heterocycles. The minimum Gasteiger partial charge on any atom is -0.447 e. The lowest BCUT2D eigenvalue weighted by Gasteiger charge is -2.25. The standard InChI is InChI=1S/C22H32N2O4S2.C11H10ClNOS2.C11H23NO3.C10H11NS2.ClH/c1-5-6-9-17(23-20(25)28-22(2,3)4)16-27-21(26)24(14-18-10-7-12-29-18)15-19-11-8-13-30-19;12-11(14)13(7-9-3-1-5-15-9)8-10-4-2-6-16-10;1-5-6-7-9(8-13)12-10(14)15-11(2,3)4;1-3-9(12-5-1)7-11-8-10-4-2-6-13-10;/h7-8,10-13,17H,5-6,9,14-16H2,1-4H3,(H,23,25);1-6H,7-8H2;9,13H,5-8H2,1-4H3,(H,12,14);1-6,11H,7-8H2;1H/t17-;;9-;;/m0.0../s1. The maximum atomic E-state index is 12.9. The highest BCUT2D eigenvalue weighted by molar-refractivity contribution is 7.11. The van der Waals surface area contributed by atoms with E-state index in [0.29, 0.717) is 26.2 Å². The molecule has 6 heterocycles. The Kier molecular flexibility index (Phi) is 33.7. The number of aliphatic hydroxyl groups is 1. The molecule has 0 bridgehead atoms. The third kappa shape index (κ3) is 31.7. The Morgan fingerprint density at radius 1 is 0.560 bits per heavy atom. The molecule has 0 fully saturated rings. The van der Waals surface area contributed by atoms with E-state index >= 15 is 0 Å². The fourth-order valence-electron chi connectivity index (χ4n) is 6.38. The van der Waals surface area contributed by atoms with Gasteiger partial charge >= 0.3 is 23.6 Å². The molecule has 0 saturated heterocycles. The van der Waals surface area contributed by atoms with E-state index < -0.39 is 28.8 Å². The van der Waals surface area contributed by atoms with Crippen LogP contribution in [0.1, 0.15) is 123 Å². The van der Waals surface area contributed by atoms with Crippen molar-refractivity contribution >= 4 is 116 Å². The van der Waals surface area contributed by atoms with Gasteiger partial charge in [-0.3, -0.25) is 9.69 Å². The molecule has 0 aliphatic heterocycles. The number of thiophene rings is 6. The summed E-state index contributed by atoms with van der Waals surface area (Å²) in [5.74, 6) is 0. The summed E-state index contributed by atoms with van der Waals surface area (Å²) >= 11 is 15.7. The number of carbonyl (C=O) groups excluding carboxylic acids is 4. The van der Waals surface area contributed by atoms with Gasteiger partial charge in [0.1, 0.15) is 17.8 Å². The number of halogens is 2. The first-order valence-electron chi connectivity index (χ1n) is 24.7. The van der Waals surface area contributed by atoms with Crippen LogP contribution in [-0.2, 0) is 53.5 Å². The van der Waals surface area contributed by atoms with E-state index in [-0.39, 0.29) is 43.8 Å². The molecule has 0 aliphatic carbocycles. The van der Waals surface area contributed by atoms with Gasteiger partial charge in [-0.1, -0.05) is 75.9 Å². The summed E-state index contributed by atoms with van der Waals surface area (Å²) in [6.07, 6.45) is 4.12. The second kappa shape index (κ2) is 37.7. The molecule has 416 valence electrons. The van der Waals surface area contributed by atoms with Gasteiger partial charge < -0.3 is 40.2 Å². The Labute approximate surface area is 480 Å². The number of ether oxygens (including phenoxy) is 3. The number of carbonyl (C=O) groups is 4. The van der Waals surface area contributed by atoms with E-state index in [1.54, 1.807) is 77.8 Å². The van der Waals surface area contributed by atoms with E-state index in [2.05, 4.69) is 64.8 Å². The lowest BCUT2D eigenvalue weighted by molar-refractivity contribution is 0.0441. The number of amides is 4. The lowest BCUT2D eigenvalue weighted by Crippen LogP contribution is -2.43. The van der Waals surface area contributed by atoms with Gasteiger partial charge in [0.2, 0.25) is 0 Å². The Hall–Kier alpha value is -4.02. The molecule has 0 saturated carbocycles. The van der Waals surface area contributed by atoms with Gasteiger partial charge in [0.25, 0.3) is 0 Å². The minimum atomic E-state index is -0.575. The summed E-state index contributed by atoms with van der Waals surface area (Å²) in [7, 11) is 0. The molecule has 75 heavy (non-hydrogen) atoms. The van der Waals surface area contributed by atoms with Crippen molar-refractivity contribution in [2.75, 3.05) is 13.2 Å². The summed E-state index contributed by atoms with van der Waals surface area (Å²) in [6.45, 7) is 19.2. The second-order valence-corrected chi connectivity index (χ2v) is 25.3. The molecule has 4 amide bonds. The van der Waals surface area contributed by atoms with Crippen molar-refractivity contribution in [1.29, 1.82) is 0 Å². The lowest BCUT2D eigenvalue weighted by atomic mass is 10.1.